The van der Waals surface area contributed by atoms with Crippen LogP contribution >= 0.6 is 0 Å². The van der Waals surface area contributed by atoms with Gasteiger partial charge >= 0.3 is 0 Å². The molecular formula is C13H18N2O. The molecule has 16 heavy (non-hydrogen) atoms. The molecule has 0 amide bonds. The summed E-state index contributed by atoms with van der Waals surface area (Å²) in [6, 6.07) is 10.0. The monoisotopic (exact) mass is 218 g/mol. The molecule has 1 saturated carbocycles. The number of hydrogen-bond donors (Lipinski definition) is 2. The maximum absolute atomic E-state index is 7.39. The number of hydrogen-bond acceptors (Lipinski definition) is 2. The largest absolute Gasteiger partial charge is 0.388 e. The Morgan fingerprint density at radius 3 is 2.56 bits per heavy atom. The Labute approximate surface area is 96.1 Å². The standard InChI is InChI=1S/C13H18N2O/c14-13(15)9-12(16-11-7-4-8-11)10-5-2-1-3-6-10/h1-3,5-6,11-12H,4,7-9H2,(H3,14,15). The van der Waals surface area contributed by atoms with Gasteiger partial charge in [0.25, 0.3) is 0 Å². The van der Waals surface area contributed by atoms with Gasteiger partial charge in [-0.05, 0) is 24.8 Å². The normalized spacial score (nSPS) is 17.8. The molecule has 0 radical (unpaired) electrons. The average molecular weight is 218 g/mol. The maximum Gasteiger partial charge on any atom is 0.0934 e. The highest BCUT2D eigenvalue weighted by atomic mass is 16.5. The Hall–Kier alpha value is -1.35. The lowest BCUT2D eigenvalue weighted by Gasteiger charge is -2.30. The fourth-order valence-corrected chi connectivity index (χ4v) is 1.85. The molecule has 0 spiro atoms. The molecule has 1 atom stereocenters. The van der Waals surface area contributed by atoms with E-state index in [2.05, 4.69) is 0 Å². The highest BCUT2D eigenvalue weighted by Gasteiger charge is 2.23. The number of amidine groups is 1. The van der Waals surface area contributed by atoms with E-state index in [-0.39, 0.29) is 11.9 Å². The molecule has 0 heterocycles. The summed E-state index contributed by atoms with van der Waals surface area (Å²) < 4.78 is 5.96. The van der Waals surface area contributed by atoms with Crippen molar-refractivity contribution in [3.05, 3.63) is 35.9 Å². The lowest BCUT2D eigenvalue weighted by molar-refractivity contribution is -0.0498. The SMILES string of the molecule is N=C(N)CC(OC1CCC1)c1ccccc1. The van der Waals surface area contributed by atoms with Crippen molar-refractivity contribution in [2.45, 2.75) is 37.9 Å². The summed E-state index contributed by atoms with van der Waals surface area (Å²) in [5.41, 5.74) is 6.58. The number of rotatable bonds is 5. The van der Waals surface area contributed by atoms with Gasteiger partial charge in [0.2, 0.25) is 0 Å². The molecule has 1 aliphatic rings. The van der Waals surface area contributed by atoms with Crippen LogP contribution < -0.4 is 5.73 Å². The van der Waals surface area contributed by atoms with Gasteiger partial charge in [0, 0.05) is 6.42 Å². The summed E-state index contributed by atoms with van der Waals surface area (Å²) >= 11 is 0. The van der Waals surface area contributed by atoms with Crippen LogP contribution in [0.1, 0.15) is 37.4 Å². The minimum Gasteiger partial charge on any atom is -0.388 e. The van der Waals surface area contributed by atoms with E-state index in [9.17, 15) is 0 Å². The minimum absolute atomic E-state index is 0.0519. The zero-order valence-corrected chi connectivity index (χ0v) is 9.36. The molecule has 0 saturated heterocycles. The van der Waals surface area contributed by atoms with Crippen molar-refractivity contribution in [1.82, 2.24) is 0 Å². The first kappa shape index (κ1) is 11.1. The van der Waals surface area contributed by atoms with Crippen LogP contribution in [-0.4, -0.2) is 11.9 Å². The maximum atomic E-state index is 7.39. The van der Waals surface area contributed by atoms with Gasteiger partial charge in [0.05, 0.1) is 18.0 Å². The van der Waals surface area contributed by atoms with E-state index in [0.717, 1.165) is 18.4 Å². The Balaban J connectivity index is 2.04. The molecule has 1 fully saturated rings. The fourth-order valence-electron chi connectivity index (χ4n) is 1.85. The zero-order valence-electron chi connectivity index (χ0n) is 9.36. The Morgan fingerprint density at radius 2 is 2.06 bits per heavy atom. The molecule has 3 heteroatoms. The Morgan fingerprint density at radius 1 is 1.38 bits per heavy atom. The lowest BCUT2D eigenvalue weighted by Crippen LogP contribution is -2.26. The highest BCUT2D eigenvalue weighted by Crippen LogP contribution is 2.30. The second kappa shape index (κ2) is 5.12. The van der Waals surface area contributed by atoms with E-state index in [0.29, 0.717) is 12.5 Å². The lowest BCUT2D eigenvalue weighted by atomic mass is 9.95. The van der Waals surface area contributed by atoms with Crippen LogP contribution in [0.5, 0.6) is 0 Å². The van der Waals surface area contributed by atoms with E-state index >= 15 is 0 Å². The summed E-state index contributed by atoms with van der Waals surface area (Å²) in [5.74, 6) is 0.188. The van der Waals surface area contributed by atoms with Crippen molar-refractivity contribution in [3.63, 3.8) is 0 Å². The van der Waals surface area contributed by atoms with E-state index in [4.69, 9.17) is 15.9 Å². The van der Waals surface area contributed by atoms with Gasteiger partial charge in [0.1, 0.15) is 0 Å². The summed E-state index contributed by atoms with van der Waals surface area (Å²) in [6.07, 6.45) is 4.34. The van der Waals surface area contributed by atoms with Crippen LogP contribution in [0.3, 0.4) is 0 Å². The predicted octanol–water partition coefficient (Wildman–Crippen LogP) is 2.62. The van der Waals surface area contributed by atoms with Crippen LogP contribution in [0.2, 0.25) is 0 Å². The Bertz CT molecular complexity index is 346. The van der Waals surface area contributed by atoms with Crippen LogP contribution in [0.4, 0.5) is 0 Å². The number of benzene rings is 1. The number of nitrogens with two attached hydrogens (primary N) is 1. The average Bonchev–Trinajstić information content (AvgIpc) is 2.22. The van der Waals surface area contributed by atoms with Crippen molar-refractivity contribution < 1.29 is 4.74 Å². The van der Waals surface area contributed by atoms with Crippen LogP contribution in [0.25, 0.3) is 0 Å². The summed E-state index contributed by atoms with van der Waals surface area (Å²) in [4.78, 5) is 0. The zero-order chi connectivity index (χ0) is 11.4. The quantitative estimate of drug-likeness (QED) is 0.589. The summed E-state index contributed by atoms with van der Waals surface area (Å²) in [7, 11) is 0. The molecule has 1 aliphatic carbocycles. The molecular weight excluding hydrogens is 200 g/mol. The molecule has 2 rings (SSSR count). The van der Waals surface area contributed by atoms with Gasteiger partial charge < -0.3 is 10.5 Å². The molecule has 3 N–H and O–H groups in total. The Kier molecular flexibility index (Phi) is 3.57. The molecule has 0 aliphatic heterocycles. The van der Waals surface area contributed by atoms with E-state index in [1.807, 2.05) is 30.3 Å². The second-order valence-electron chi connectivity index (χ2n) is 4.32. The number of nitrogens with one attached hydrogen (secondary N) is 1. The molecule has 0 bridgehead atoms. The van der Waals surface area contributed by atoms with Gasteiger partial charge in [-0.3, -0.25) is 5.41 Å². The van der Waals surface area contributed by atoms with Crippen molar-refractivity contribution in [1.29, 1.82) is 5.41 Å². The highest BCUT2D eigenvalue weighted by molar-refractivity contribution is 5.77. The molecule has 1 aromatic rings. The van der Waals surface area contributed by atoms with Crippen molar-refractivity contribution in [3.8, 4) is 0 Å². The van der Waals surface area contributed by atoms with Gasteiger partial charge in [-0.25, -0.2) is 0 Å². The van der Waals surface area contributed by atoms with Gasteiger partial charge in [-0.2, -0.15) is 0 Å². The molecule has 86 valence electrons. The first-order chi connectivity index (χ1) is 7.75. The summed E-state index contributed by atoms with van der Waals surface area (Å²) in [6.45, 7) is 0. The molecule has 3 nitrogen and oxygen atoms in total. The van der Waals surface area contributed by atoms with Gasteiger partial charge in [-0.1, -0.05) is 30.3 Å². The predicted molar refractivity (Wildman–Crippen MR) is 64.4 cm³/mol. The van der Waals surface area contributed by atoms with Gasteiger partial charge in [0.15, 0.2) is 0 Å². The number of ether oxygens (including phenoxy) is 1. The van der Waals surface area contributed by atoms with Crippen LogP contribution in [0, 0.1) is 5.41 Å². The smallest absolute Gasteiger partial charge is 0.0934 e. The topological polar surface area (TPSA) is 59.1 Å². The first-order valence-corrected chi connectivity index (χ1v) is 5.79. The first-order valence-electron chi connectivity index (χ1n) is 5.79. The van der Waals surface area contributed by atoms with E-state index in [1.165, 1.54) is 6.42 Å². The summed E-state index contributed by atoms with van der Waals surface area (Å²) in [5, 5.41) is 7.39. The van der Waals surface area contributed by atoms with Gasteiger partial charge in [-0.15, -0.1) is 0 Å². The molecule has 1 aromatic carbocycles. The van der Waals surface area contributed by atoms with Crippen molar-refractivity contribution in [2.24, 2.45) is 5.73 Å². The van der Waals surface area contributed by atoms with E-state index in [1.54, 1.807) is 0 Å². The molecule has 0 aromatic heterocycles. The molecule has 1 unspecified atom stereocenters. The second-order valence-corrected chi connectivity index (χ2v) is 4.32. The third-order valence-corrected chi connectivity index (χ3v) is 2.99. The van der Waals surface area contributed by atoms with Crippen LogP contribution in [-0.2, 0) is 4.74 Å². The van der Waals surface area contributed by atoms with E-state index < -0.39 is 0 Å². The van der Waals surface area contributed by atoms with Crippen molar-refractivity contribution in [2.75, 3.05) is 0 Å². The van der Waals surface area contributed by atoms with Crippen LogP contribution in [0.15, 0.2) is 30.3 Å². The van der Waals surface area contributed by atoms with Crippen molar-refractivity contribution >= 4 is 5.84 Å². The third-order valence-electron chi connectivity index (χ3n) is 2.99. The fraction of sp³-hybridized carbons (Fsp3) is 0.462. The minimum atomic E-state index is -0.0519. The third kappa shape index (κ3) is 2.83.